The second kappa shape index (κ2) is 5.62. The highest BCUT2D eigenvalue weighted by Gasteiger charge is 2.49. The van der Waals surface area contributed by atoms with Crippen molar-refractivity contribution < 1.29 is 9.53 Å². The summed E-state index contributed by atoms with van der Waals surface area (Å²) in [4.78, 5) is 12.3. The maximum atomic E-state index is 12.3. The number of nitrogens with one attached hydrogen (secondary N) is 1. The molecule has 0 aromatic heterocycles. The van der Waals surface area contributed by atoms with Crippen molar-refractivity contribution in [2.75, 3.05) is 12.3 Å². The first-order valence-corrected chi connectivity index (χ1v) is 7.22. The molecule has 3 N–H and O–H groups in total. The van der Waals surface area contributed by atoms with Crippen LogP contribution in [0.5, 0.6) is 0 Å². The van der Waals surface area contributed by atoms with E-state index in [2.05, 4.69) is 19.2 Å². The number of benzene rings is 1. The van der Waals surface area contributed by atoms with Gasteiger partial charge in [0.2, 0.25) is 0 Å². The van der Waals surface area contributed by atoms with Gasteiger partial charge in [0.15, 0.2) is 0 Å². The summed E-state index contributed by atoms with van der Waals surface area (Å²) in [6.45, 7) is 6.87. The number of carbonyl (C=O) groups is 1. The van der Waals surface area contributed by atoms with Crippen molar-refractivity contribution in [1.82, 2.24) is 5.32 Å². The Labute approximate surface area is 124 Å². The van der Waals surface area contributed by atoms with E-state index in [1.165, 1.54) is 0 Å². The van der Waals surface area contributed by atoms with E-state index in [-0.39, 0.29) is 23.5 Å². The van der Waals surface area contributed by atoms with Crippen LogP contribution in [-0.4, -0.2) is 24.7 Å². The third-order valence-electron chi connectivity index (χ3n) is 4.12. The largest absolute Gasteiger partial charge is 0.398 e. The predicted octanol–water partition coefficient (Wildman–Crippen LogP) is 2.86. The van der Waals surface area contributed by atoms with Crippen LogP contribution in [0.2, 0.25) is 5.02 Å². The minimum absolute atomic E-state index is 0.0710. The molecule has 2 atom stereocenters. The molecule has 2 rings (SSSR count). The topological polar surface area (TPSA) is 64.3 Å². The van der Waals surface area contributed by atoms with E-state index in [4.69, 9.17) is 22.1 Å². The van der Waals surface area contributed by atoms with Crippen LogP contribution in [0.15, 0.2) is 18.2 Å². The maximum Gasteiger partial charge on any atom is 0.253 e. The lowest BCUT2D eigenvalue weighted by atomic mass is 9.64. The third kappa shape index (κ3) is 2.63. The van der Waals surface area contributed by atoms with Crippen molar-refractivity contribution in [3.63, 3.8) is 0 Å². The SMILES string of the molecule is CCOC1CC(NC(=O)c2cccc(N)c2Cl)C1(C)C. The normalized spacial score (nSPS) is 24.0. The zero-order chi connectivity index (χ0) is 14.9. The molecule has 1 fully saturated rings. The number of hydrogen-bond acceptors (Lipinski definition) is 3. The zero-order valence-corrected chi connectivity index (χ0v) is 12.8. The highest BCUT2D eigenvalue weighted by Crippen LogP contribution is 2.43. The van der Waals surface area contributed by atoms with Gasteiger partial charge in [0.1, 0.15) is 0 Å². The fourth-order valence-corrected chi connectivity index (χ4v) is 2.79. The van der Waals surface area contributed by atoms with Crippen molar-refractivity contribution in [3.05, 3.63) is 28.8 Å². The molecule has 0 aliphatic heterocycles. The van der Waals surface area contributed by atoms with Crippen LogP contribution in [0, 0.1) is 5.41 Å². The number of rotatable bonds is 4. The Morgan fingerprint density at radius 2 is 2.25 bits per heavy atom. The summed E-state index contributed by atoms with van der Waals surface area (Å²) in [5.41, 5.74) is 6.48. The van der Waals surface area contributed by atoms with Crippen molar-refractivity contribution in [1.29, 1.82) is 0 Å². The molecule has 2 unspecified atom stereocenters. The second-order valence-corrected chi connectivity index (χ2v) is 6.11. The van der Waals surface area contributed by atoms with Gasteiger partial charge in [0.25, 0.3) is 5.91 Å². The molecule has 1 amide bonds. The van der Waals surface area contributed by atoms with Crippen molar-refractivity contribution >= 4 is 23.2 Å². The minimum Gasteiger partial charge on any atom is -0.398 e. The molecule has 20 heavy (non-hydrogen) atoms. The molecule has 5 heteroatoms. The molecule has 0 radical (unpaired) electrons. The molecule has 0 bridgehead atoms. The molecular formula is C15H21ClN2O2. The number of halogens is 1. The molecule has 110 valence electrons. The van der Waals surface area contributed by atoms with Gasteiger partial charge in [-0.3, -0.25) is 4.79 Å². The lowest BCUT2D eigenvalue weighted by Crippen LogP contribution is -2.62. The van der Waals surface area contributed by atoms with Gasteiger partial charge in [-0.05, 0) is 25.5 Å². The smallest absolute Gasteiger partial charge is 0.253 e. The molecule has 0 spiro atoms. The first-order valence-electron chi connectivity index (χ1n) is 6.84. The van der Waals surface area contributed by atoms with Crippen LogP contribution in [-0.2, 0) is 4.74 Å². The van der Waals surface area contributed by atoms with Crippen molar-refractivity contribution in [3.8, 4) is 0 Å². The monoisotopic (exact) mass is 296 g/mol. The highest BCUT2D eigenvalue weighted by atomic mass is 35.5. The molecule has 1 saturated carbocycles. The van der Waals surface area contributed by atoms with Crippen LogP contribution in [0.25, 0.3) is 0 Å². The van der Waals surface area contributed by atoms with E-state index in [1.54, 1.807) is 18.2 Å². The standard InChI is InChI=1S/C15H21ClN2O2/c1-4-20-12-8-11(15(12,2)3)18-14(19)9-6-5-7-10(17)13(9)16/h5-7,11-12H,4,8,17H2,1-3H3,(H,18,19). The van der Waals surface area contributed by atoms with Gasteiger partial charge >= 0.3 is 0 Å². The number of nitrogens with two attached hydrogens (primary N) is 1. The van der Waals surface area contributed by atoms with E-state index >= 15 is 0 Å². The summed E-state index contributed by atoms with van der Waals surface area (Å²) >= 11 is 6.07. The quantitative estimate of drug-likeness (QED) is 0.840. The lowest BCUT2D eigenvalue weighted by Gasteiger charge is -2.51. The maximum absolute atomic E-state index is 12.3. The van der Waals surface area contributed by atoms with Gasteiger partial charge in [-0.15, -0.1) is 0 Å². The lowest BCUT2D eigenvalue weighted by molar-refractivity contribution is -0.111. The number of nitrogen functional groups attached to an aromatic ring is 1. The Morgan fingerprint density at radius 3 is 2.85 bits per heavy atom. The third-order valence-corrected chi connectivity index (χ3v) is 4.55. The summed E-state index contributed by atoms with van der Waals surface area (Å²) in [6.07, 6.45) is 1.01. The Kier molecular flexibility index (Phi) is 4.25. The Bertz CT molecular complexity index is 517. The summed E-state index contributed by atoms with van der Waals surface area (Å²) in [5, 5.41) is 3.33. The second-order valence-electron chi connectivity index (χ2n) is 5.74. The number of amides is 1. The molecule has 1 aliphatic rings. The van der Waals surface area contributed by atoms with E-state index in [0.29, 0.717) is 22.9 Å². The molecule has 1 aromatic carbocycles. The zero-order valence-electron chi connectivity index (χ0n) is 12.1. The summed E-state index contributed by atoms with van der Waals surface area (Å²) in [6, 6.07) is 5.17. The van der Waals surface area contributed by atoms with Crippen LogP contribution >= 0.6 is 11.6 Å². The molecule has 1 aromatic rings. The highest BCUT2D eigenvalue weighted by molar-refractivity contribution is 6.36. The summed E-state index contributed by atoms with van der Waals surface area (Å²) < 4.78 is 5.66. The van der Waals surface area contributed by atoms with E-state index in [0.717, 1.165) is 6.42 Å². The van der Waals surface area contributed by atoms with Crippen LogP contribution in [0.3, 0.4) is 0 Å². The van der Waals surface area contributed by atoms with Gasteiger partial charge in [0, 0.05) is 18.1 Å². The number of ether oxygens (including phenoxy) is 1. The molecule has 4 nitrogen and oxygen atoms in total. The fourth-order valence-electron chi connectivity index (χ4n) is 2.58. The fraction of sp³-hybridized carbons (Fsp3) is 0.533. The van der Waals surface area contributed by atoms with Gasteiger partial charge in [-0.25, -0.2) is 0 Å². The summed E-state index contributed by atoms with van der Waals surface area (Å²) in [5.74, 6) is -0.185. The van der Waals surface area contributed by atoms with Gasteiger partial charge in [0.05, 0.1) is 22.4 Å². The molecule has 0 saturated heterocycles. The summed E-state index contributed by atoms with van der Waals surface area (Å²) in [7, 11) is 0. The average Bonchev–Trinajstić information content (AvgIpc) is 2.40. The Balaban J connectivity index is 2.05. The average molecular weight is 297 g/mol. The van der Waals surface area contributed by atoms with Crippen LogP contribution in [0.1, 0.15) is 37.6 Å². The van der Waals surface area contributed by atoms with E-state index < -0.39 is 0 Å². The molecule has 0 heterocycles. The van der Waals surface area contributed by atoms with Crippen LogP contribution in [0.4, 0.5) is 5.69 Å². The predicted molar refractivity (Wildman–Crippen MR) is 80.9 cm³/mol. The van der Waals surface area contributed by atoms with Gasteiger partial charge < -0.3 is 15.8 Å². The molecule has 1 aliphatic carbocycles. The van der Waals surface area contributed by atoms with Crippen LogP contribution < -0.4 is 11.1 Å². The van der Waals surface area contributed by atoms with Crippen molar-refractivity contribution in [2.45, 2.75) is 39.3 Å². The Morgan fingerprint density at radius 1 is 1.55 bits per heavy atom. The van der Waals surface area contributed by atoms with E-state index in [9.17, 15) is 4.79 Å². The number of hydrogen-bond donors (Lipinski definition) is 2. The van der Waals surface area contributed by atoms with Gasteiger partial charge in [-0.2, -0.15) is 0 Å². The minimum atomic E-state index is -0.185. The van der Waals surface area contributed by atoms with Gasteiger partial charge in [-0.1, -0.05) is 31.5 Å². The number of anilines is 1. The first-order chi connectivity index (χ1) is 9.37. The first kappa shape index (κ1) is 15.1. The number of carbonyl (C=O) groups excluding carboxylic acids is 1. The Hall–Kier alpha value is -1.26. The van der Waals surface area contributed by atoms with E-state index in [1.807, 2.05) is 6.92 Å². The van der Waals surface area contributed by atoms with Crippen molar-refractivity contribution in [2.24, 2.45) is 5.41 Å². The molecular weight excluding hydrogens is 276 g/mol.